The van der Waals surface area contributed by atoms with Crippen LogP contribution in [-0.4, -0.2) is 52.7 Å². The highest BCUT2D eigenvalue weighted by atomic mass is 16.3. The standard InChI is InChI=1S/C17H17N9O/c1-19-5-12(4-18)14-7-21-16-17(22-14)26(24-23-16)9-11-2-3-15-20-6-13(10-27)25(15)8-11/h2-8,27H,9-10,18H2,1H3. The Labute approximate surface area is 153 Å². The van der Waals surface area contributed by atoms with Crippen LogP contribution in [0.3, 0.4) is 0 Å². The van der Waals surface area contributed by atoms with E-state index in [0.29, 0.717) is 34.8 Å². The third-order valence-electron chi connectivity index (χ3n) is 4.11. The number of rotatable bonds is 5. The zero-order chi connectivity index (χ0) is 18.8. The number of nitrogens with two attached hydrogens (primary N) is 1. The van der Waals surface area contributed by atoms with Gasteiger partial charge in [0, 0.05) is 31.2 Å². The van der Waals surface area contributed by atoms with Gasteiger partial charge in [0.15, 0.2) is 5.65 Å². The average molecular weight is 363 g/mol. The molecule has 0 amide bonds. The van der Waals surface area contributed by atoms with Crippen LogP contribution in [0.4, 0.5) is 0 Å². The summed E-state index contributed by atoms with van der Waals surface area (Å²) in [6.45, 7) is 0.357. The number of hydrogen-bond donors (Lipinski definition) is 2. The van der Waals surface area contributed by atoms with E-state index < -0.39 is 0 Å². The van der Waals surface area contributed by atoms with Gasteiger partial charge in [-0.15, -0.1) is 5.10 Å². The first kappa shape index (κ1) is 16.8. The maximum absolute atomic E-state index is 9.43. The fourth-order valence-electron chi connectivity index (χ4n) is 2.79. The summed E-state index contributed by atoms with van der Waals surface area (Å²) in [7, 11) is 1.66. The van der Waals surface area contributed by atoms with Gasteiger partial charge in [0.05, 0.1) is 36.9 Å². The first-order valence-electron chi connectivity index (χ1n) is 8.20. The molecule has 4 heterocycles. The molecule has 0 unspecified atom stereocenters. The van der Waals surface area contributed by atoms with E-state index >= 15 is 0 Å². The molecule has 4 aromatic heterocycles. The quantitative estimate of drug-likeness (QED) is 0.491. The minimum atomic E-state index is -0.0844. The van der Waals surface area contributed by atoms with Gasteiger partial charge in [-0.25, -0.2) is 19.6 Å². The summed E-state index contributed by atoms with van der Waals surface area (Å²) in [5.74, 6) is 0. The highest BCUT2D eigenvalue weighted by Gasteiger charge is 2.12. The van der Waals surface area contributed by atoms with Crippen LogP contribution in [0, 0.1) is 0 Å². The number of aliphatic hydroxyl groups is 1. The van der Waals surface area contributed by atoms with Gasteiger partial charge in [-0.3, -0.25) is 4.99 Å². The van der Waals surface area contributed by atoms with E-state index in [0.717, 1.165) is 11.2 Å². The van der Waals surface area contributed by atoms with E-state index in [1.165, 1.54) is 6.20 Å². The van der Waals surface area contributed by atoms with E-state index in [1.807, 2.05) is 22.7 Å². The molecule has 4 rings (SSSR count). The highest BCUT2D eigenvalue weighted by molar-refractivity contribution is 6.08. The van der Waals surface area contributed by atoms with E-state index in [9.17, 15) is 5.11 Å². The van der Waals surface area contributed by atoms with Crippen molar-refractivity contribution in [2.75, 3.05) is 7.05 Å². The molecule has 0 fully saturated rings. The molecular weight excluding hydrogens is 346 g/mol. The Bertz CT molecular complexity index is 1170. The van der Waals surface area contributed by atoms with Crippen molar-refractivity contribution in [3.8, 4) is 0 Å². The molecule has 0 bridgehead atoms. The van der Waals surface area contributed by atoms with Crippen molar-refractivity contribution in [3.63, 3.8) is 0 Å². The monoisotopic (exact) mass is 363 g/mol. The normalized spacial score (nSPS) is 12.6. The minimum Gasteiger partial charge on any atom is -0.404 e. The fourth-order valence-corrected chi connectivity index (χ4v) is 2.79. The van der Waals surface area contributed by atoms with Gasteiger partial charge in [0.1, 0.15) is 5.65 Å². The van der Waals surface area contributed by atoms with Crippen molar-refractivity contribution >= 4 is 28.7 Å². The zero-order valence-corrected chi connectivity index (χ0v) is 14.6. The Balaban J connectivity index is 1.73. The number of pyridine rings is 1. The van der Waals surface area contributed by atoms with E-state index in [1.54, 1.807) is 30.3 Å². The van der Waals surface area contributed by atoms with Gasteiger partial charge in [-0.2, -0.15) is 0 Å². The molecule has 0 saturated heterocycles. The Morgan fingerprint density at radius 3 is 2.96 bits per heavy atom. The van der Waals surface area contributed by atoms with Crippen molar-refractivity contribution in [2.24, 2.45) is 10.7 Å². The number of imidazole rings is 1. The molecule has 0 radical (unpaired) electrons. The van der Waals surface area contributed by atoms with Crippen LogP contribution in [0.1, 0.15) is 17.0 Å². The number of nitrogens with zero attached hydrogens (tertiary/aromatic N) is 8. The molecule has 0 spiro atoms. The van der Waals surface area contributed by atoms with Gasteiger partial charge < -0.3 is 15.2 Å². The van der Waals surface area contributed by atoms with Crippen LogP contribution in [0.2, 0.25) is 0 Å². The lowest BCUT2D eigenvalue weighted by Gasteiger charge is -2.05. The SMILES string of the molecule is CN=CC(=CN)c1cnc2nnn(Cc3ccc4ncc(CO)n4c3)c2n1. The molecule has 10 nitrogen and oxygen atoms in total. The third kappa shape index (κ3) is 3.02. The molecule has 10 heteroatoms. The second-order valence-corrected chi connectivity index (χ2v) is 5.83. The summed E-state index contributed by atoms with van der Waals surface area (Å²) in [6.07, 6.45) is 8.20. The Kier molecular flexibility index (Phi) is 4.30. The maximum atomic E-state index is 9.43. The average Bonchev–Trinajstić information content (AvgIpc) is 3.29. The Hall–Kier alpha value is -3.66. The van der Waals surface area contributed by atoms with Gasteiger partial charge in [0.25, 0.3) is 0 Å². The molecule has 0 aromatic carbocycles. The molecule has 0 aliphatic heterocycles. The fraction of sp³-hybridized carbons (Fsp3) is 0.176. The molecule has 3 N–H and O–H groups in total. The number of allylic oxidation sites excluding steroid dienone is 1. The summed E-state index contributed by atoms with van der Waals surface area (Å²) in [4.78, 5) is 17.1. The second-order valence-electron chi connectivity index (χ2n) is 5.83. The minimum absolute atomic E-state index is 0.0844. The molecule has 0 atom stereocenters. The zero-order valence-electron chi connectivity index (χ0n) is 14.6. The summed E-state index contributed by atoms with van der Waals surface area (Å²) >= 11 is 0. The van der Waals surface area contributed by atoms with Gasteiger partial charge in [0.2, 0.25) is 5.65 Å². The van der Waals surface area contributed by atoms with E-state index in [-0.39, 0.29) is 6.61 Å². The van der Waals surface area contributed by atoms with Gasteiger partial charge >= 0.3 is 0 Å². The summed E-state index contributed by atoms with van der Waals surface area (Å²) in [5, 5.41) is 17.7. The van der Waals surface area contributed by atoms with Crippen molar-refractivity contribution in [3.05, 3.63) is 53.9 Å². The number of aromatic nitrogens is 7. The first-order chi connectivity index (χ1) is 13.2. The number of aliphatic hydroxyl groups excluding tert-OH is 1. The largest absolute Gasteiger partial charge is 0.404 e. The highest BCUT2D eigenvalue weighted by Crippen LogP contribution is 2.15. The lowest BCUT2D eigenvalue weighted by molar-refractivity contribution is 0.276. The third-order valence-corrected chi connectivity index (χ3v) is 4.11. The molecule has 0 saturated carbocycles. The van der Waals surface area contributed by atoms with Gasteiger partial charge in [-0.1, -0.05) is 11.3 Å². The summed E-state index contributed by atoms with van der Waals surface area (Å²) in [5.41, 5.74) is 10.3. The van der Waals surface area contributed by atoms with Crippen LogP contribution < -0.4 is 5.73 Å². The van der Waals surface area contributed by atoms with Crippen molar-refractivity contribution in [1.82, 2.24) is 34.3 Å². The number of aliphatic imine (C=N–C) groups is 1. The molecule has 4 aromatic rings. The van der Waals surface area contributed by atoms with Crippen molar-refractivity contribution < 1.29 is 5.11 Å². The summed E-state index contributed by atoms with van der Waals surface area (Å²) < 4.78 is 3.51. The first-order valence-corrected chi connectivity index (χ1v) is 8.20. The molecule has 0 aliphatic rings. The topological polar surface area (TPSA) is 132 Å². The van der Waals surface area contributed by atoms with Crippen LogP contribution in [-0.2, 0) is 13.2 Å². The Morgan fingerprint density at radius 2 is 2.19 bits per heavy atom. The maximum Gasteiger partial charge on any atom is 0.221 e. The number of fused-ring (bicyclic) bond motifs is 2. The van der Waals surface area contributed by atoms with Crippen LogP contribution in [0.5, 0.6) is 0 Å². The Morgan fingerprint density at radius 1 is 1.30 bits per heavy atom. The smallest absolute Gasteiger partial charge is 0.221 e. The molecule has 27 heavy (non-hydrogen) atoms. The number of hydrogen-bond acceptors (Lipinski definition) is 8. The molecular formula is C17H17N9O. The van der Waals surface area contributed by atoms with Crippen LogP contribution in [0.25, 0.3) is 22.5 Å². The van der Waals surface area contributed by atoms with Crippen LogP contribution in [0.15, 0.2) is 41.9 Å². The van der Waals surface area contributed by atoms with Crippen molar-refractivity contribution in [1.29, 1.82) is 0 Å². The van der Waals surface area contributed by atoms with Gasteiger partial charge in [-0.05, 0) is 11.6 Å². The molecule has 136 valence electrons. The second kappa shape index (κ2) is 6.92. The van der Waals surface area contributed by atoms with Crippen molar-refractivity contribution in [2.45, 2.75) is 13.2 Å². The predicted octanol–water partition coefficient (Wildman–Crippen LogP) is 0.410. The lowest BCUT2D eigenvalue weighted by Crippen LogP contribution is -2.06. The van der Waals surface area contributed by atoms with Crippen LogP contribution >= 0.6 is 0 Å². The molecule has 0 aliphatic carbocycles. The lowest BCUT2D eigenvalue weighted by atomic mass is 10.2. The summed E-state index contributed by atoms with van der Waals surface area (Å²) in [6, 6.07) is 3.83. The van der Waals surface area contributed by atoms with E-state index in [2.05, 4.69) is 30.3 Å². The van der Waals surface area contributed by atoms with E-state index in [4.69, 9.17) is 5.73 Å². The predicted molar refractivity (Wildman–Crippen MR) is 99.9 cm³/mol.